The van der Waals surface area contributed by atoms with Crippen molar-refractivity contribution in [2.75, 3.05) is 16.9 Å². The molecule has 2 aromatic carbocycles. The van der Waals surface area contributed by atoms with Gasteiger partial charge in [-0.3, -0.25) is 4.79 Å². The lowest BCUT2D eigenvalue weighted by atomic mass is 10.0. The third kappa shape index (κ3) is 6.21. The number of nitrogens with one attached hydrogen (secondary N) is 1. The van der Waals surface area contributed by atoms with Crippen LogP contribution in [0.25, 0.3) is 0 Å². The average molecular weight is 444 g/mol. The summed E-state index contributed by atoms with van der Waals surface area (Å²) >= 11 is 1.33. The number of aryl methyl sites for hydroxylation is 1. The van der Waals surface area contributed by atoms with Crippen molar-refractivity contribution in [2.24, 2.45) is 0 Å². The summed E-state index contributed by atoms with van der Waals surface area (Å²) in [7, 11) is 0. The molecule has 3 aromatic rings. The van der Waals surface area contributed by atoms with Crippen molar-refractivity contribution in [1.82, 2.24) is 14.9 Å². The Morgan fingerprint density at radius 3 is 2.68 bits per heavy atom. The summed E-state index contributed by atoms with van der Waals surface area (Å²) in [5.74, 6) is 7.69. The quantitative estimate of drug-likeness (QED) is 0.379. The van der Waals surface area contributed by atoms with Gasteiger partial charge in [-0.15, -0.1) is 10.2 Å². The number of benzene rings is 2. The summed E-state index contributed by atoms with van der Waals surface area (Å²) in [6, 6.07) is 11.8. The average Bonchev–Trinajstić information content (AvgIpc) is 3.07. The van der Waals surface area contributed by atoms with Crippen molar-refractivity contribution in [2.45, 2.75) is 44.9 Å². The molecule has 1 aromatic heterocycles. The molecular weight excluding hydrogens is 417 g/mol. The number of halogens is 1. The molecular formula is C22H26FN5O2S. The molecule has 0 bridgehead atoms. The van der Waals surface area contributed by atoms with Gasteiger partial charge in [0.05, 0.1) is 0 Å². The highest BCUT2D eigenvalue weighted by molar-refractivity contribution is 7.99. The molecule has 0 spiro atoms. The Balaban J connectivity index is 1.52. The largest absolute Gasteiger partial charge is 0.485 e. The summed E-state index contributed by atoms with van der Waals surface area (Å²) in [6.07, 6.45) is 0.252. The first-order chi connectivity index (χ1) is 14.8. The van der Waals surface area contributed by atoms with E-state index in [-0.39, 0.29) is 24.8 Å². The zero-order chi connectivity index (χ0) is 22.4. The summed E-state index contributed by atoms with van der Waals surface area (Å²) in [5, 5.41) is 11.4. The van der Waals surface area contributed by atoms with Crippen molar-refractivity contribution in [3.63, 3.8) is 0 Å². The molecule has 9 heteroatoms. The number of rotatable bonds is 9. The van der Waals surface area contributed by atoms with E-state index in [1.54, 1.807) is 0 Å². The Morgan fingerprint density at radius 1 is 1.23 bits per heavy atom. The molecule has 0 saturated heterocycles. The predicted octanol–water partition coefficient (Wildman–Crippen LogP) is 4.26. The minimum Gasteiger partial charge on any atom is -0.485 e. The van der Waals surface area contributed by atoms with Crippen molar-refractivity contribution < 1.29 is 13.9 Å². The zero-order valence-corrected chi connectivity index (χ0v) is 18.6. The number of thioether (sulfide) groups is 1. The van der Waals surface area contributed by atoms with Crippen LogP contribution in [-0.2, 0) is 11.4 Å². The van der Waals surface area contributed by atoms with Gasteiger partial charge in [-0.2, -0.15) is 0 Å². The van der Waals surface area contributed by atoms with Crippen molar-refractivity contribution in [3.8, 4) is 5.75 Å². The number of carbonyl (C=O) groups excluding carboxylic acids is 1. The molecule has 3 N–H and O–H groups in total. The van der Waals surface area contributed by atoms with Crippen molar-refractivity contribution in [3.05, 3.63) is 65.2 Å². The molecule has 0 unspecified atom stereocenters. The molecule has 3 rings (SSSR count). The predicted molar refractivity (Wildman–Crippen MR) is 120 cm³/mol. The molecule has 7 nitrogen and oxygen atoms in total. The fourth-order valence-electron chi connectivity index (χ4n) is 2.88. The van der Waals surface area contributed by atoms with Gasteiger partial charge in [0.1, 0.15) is 18.2 Å². The van der Waals surface area contributed by atoms with Gasteiger partial charge in [-0.1, -0.05) is 37.7 Å². The standard InChI is InChI=1S/C22H26FN5O2S/c1-14(2)18-9-4-15(3)12-19(18)30-13-20-26-27-22(28(20)24)31-11-10-21(29)25-17-7-5-16(23)6-8-17/h4-9,12,14H,10-11,13,24H2,1-3H3,(H,25,29). The number of ether oxygens (including phenoxy) is 1. The number of nitrogens with two attached hydrogens (primary N) is 1. The maximum atomic E-state index is 12.9. The van der Waals surface area contributed by atoms with E-state index in [0.717, 1.165) is 16.9 Å². The van der Waals surface area contributed by atoms with E-state index in [1.165, 1.54) is 40.7 Å². The fourth-order valence-corrected chi connectivity index (χ4v) is 3.69. The number of nitrogens with zero attached hydrogens (tertiary/aromatic N) is 3. The highest BCUT2D eigenvalue weighted by atomic mass is 32.2. The maximum Gasteiger partial charge on any atom is 0.225 e. The molecule has 0 radical (unpaired) electrons. The SMILES string of the molecule is Cc1ccc(C(C)C)c(OCc2nnc(SCCC(=O)Nc3ccc(F)cc3)n2N)c1. The minimum atomic E-state index is -0.349. The van der Waals surface area contributed by atoms with Crippen LogP contribution >= 0.6 is 11.8 Å². The molecule has 0 aliphatic carbocycles. The number of amides is 1. The highest BCUT2D eigenvalue weighted by Crippen LogP contribution is 2.28. The van der Waals surface area contributed by atoms with E-state index in [9.17, 15) is 9.18 Å². The third-order valence-corrected chi connectivity index (χ3v) is 5.52. The van der Waals surface area contributed by atoms with E-state index in [2.05, 4.69) is 41.5 Å². The van der Waals surface area contributed by atoms with E-state index in [4.69, 9.17) is 10.6 Å². The zero-order valence-electron chi connectivity index (χ0n) is 17.8. The lowest BCUT2D eigenvalue weighted by Gasteiger charge is -2.14. The monoisotopic (exact) mass is 443 g/mol. The first kappa shape index (κ1) is 22.6. The van der Waals surface area contributed by atoms with Gasteiger partial charge >= 0.3 is 0 Å². The number of hydrogen-bond donors (Lipinski definition) is 2. The van der Waals surface area contributed by atoms with Gasteiger partial charge in [-0.25, -0.2) is 9.07 Å². The fraction of sp³-hybridized carbons (Fsp3) is 0.318. The van der Waals surface area contributed by atoms with Gasteiger partial charge in [0.15, 0.2) is 5.82 Å². The second-order valence-electron chi connectivity index (χ2n) is 7.41. The highest BCUT2D eigenvalue weighted by Gasteiger charge is 2.14. The van der Waals surface area contributed by atoms with Crippen LogP contribution in [0, 0.1) is 12.7 Å². The van der Waals surface area contributed by atoms with Crippen molar-refractivity contribution >= 4 is 23.4 Å². The number of carbonyl (C=O) groups is 1. The second-order valence-corrected chi connectivity index (χ2v) is 8.47. The normalized spacial score (nSPS) is 11.0. The summed E-state index contributed by atoms with van der Waals surface area (Å²) < 4.78 is 20.3. The number of aromatic nitrogens is 3. The molecule has 1 amide bonds. The van der Waals surface area contributed by atoms with Crippen molar-refractivity contribution in [1.29, 1.82) is 0 Å². The molecule has 31 heavy (non-hydrogen) atoms. The molecule has 1 heterocycles. The van der Waals surface area contributed by atoms with Crippen LogP contribution in [0.15, 0.2) is 47.6 Å². The van der Waals surface area contributed by atoms with Crippen LogP contribution in [-0.4, -0.2) is 26.5 Å². The van der Waals surface area contributed by atoms with Gasteiger partial charge in [0.2, 0.25) is 11.1 Å². The lowest BCUT2D eigenvalue weighted by molar-refractivity contribution is -0.115. The maximum absolute atomic E-state index is 12.9. The van der Waals surface area contributed by atoms with E-state index >= 15 is 0 Å². The number of nitrogen functional groups attached to an aromatic ring is 1. The number of anilines is 1. The van der Waals surface area contributed by atoms with Crippen LogP contribution in [0.1, 0.15) is 43.1 Å². The summed E-state index contributed by atoms with van der Waals surface area (Å²) in [6.45, 7) is 6.44. The van der Waals surface area contributed by atoms with Crippen LogP contribution < -0.4 is 15.9 Å². The Morgan fingerprint density at radius 2 is 1.97 bits per heavy atom. The molecule has 0 aliphatic heterocycles. The van der Waals surface area contributed by atoms with Crippen LogP contribution in [0.4, 0.5) is 10.1 Å². The van der Waals surface area contributed by atoms with Crippen LogP contribution in [0.3, 0.4) is 0 Å². The first-order valence-electron chi connectivity index (χ1n) is 9.94. The Hall–Kier alpha value is -3.07. The van der Waals surface area contributed by atoms with Crippen LogP contribution in [0.5, 0.6) is 5.75 Å². The number of hydrogen-bond acceptors (Lipinski definition) is 6. The van der Waals surface area contributed by atoms with Gasteiger partial charge in [0.25, 0.3) is 0 Å². The molecule has 0 atom stereocenters. The van der Waals surface area contributed by atoms with Gasteiger partial charge < -0.3 is 15.9 Å². The Kier molecular flexibility index (Phi) is 7.51. The summed E-state index contributed by atoms with van der Waals surface area (Å²) in [5.41, 5.74) is 2.79. The Labute approximate surface area is 185 Å². The Bertz CT molecular complexity index is 1040. The third-order valence-electron chi connectivity index (χ3n) is 4.57. The second kappa shape index (κ2) is 10.3. The molecule has 0 aliphatic rings. The van der Waals surface area contributed by atoms with Crippen LogP contribution in [0.2, 0.25) is 0 Å². The molecule has 164 valence electrons. The smallest absolute Gasteiger partial charge is 0.225 e. The topological polar surface area (TPSA) is 95.1 Å². The minimum absolute atomic E-state index is 0.175. The van der Waals surface area contributed by atoms with Gasteiger partial charge in [0, 0.05) is 17.9 Å². The summed E-state index contributed by atoms with van der Waals surface area (Å²) in [4.78, 5) is 12.0. The van der Waals surface area contributed by atoms with E-state index in [0.29, 0.717) is 28.3 Å². The van der Waals surface area contributed by atoms with Gasteiger partial charge in [-0.05, 0) is 54.3 Å². The van der Waals surface area contributed by atoms with E-state index < -0.39 is 0 Å². The molecule has 0 fully saturated rings. The molecule has 0 saturated carbocycles. The lowest BCUT2D eigenvalue weighted by Crippen LogP contribution is -2.17. The first-order valence-corrected chi connectivity index (χ1v) is 10.9. The van der Waals surface area contributed by atoms with E-state index in [1.807, 2.05) is 13.0 Å².